The Hall–Kier alpha value is -4.28. The van der Waals surface area contributed by atoms with Gasteiger partial charge in [0.15, 0.2) is 17.3 Å². The van der Waals surface area contributed by atoms with Crippen molar-refractivity contribution in [3.05, 3.63) is 77.4 Å². The number of phenols is 2. The van der Waals surface area contributed by atoms with Crippen molar-refractivity contribution in [2.45, 2.75) is 36.6 Å². The van der Waals surface area contributed by atoms with Crippen molar-refractivity contribution in [2.75, 3.05) is 13.7 Å². The van der Waals surface area contributed by atoms with Gasteiger partial charge < -0.3 is 19.8 Å². The monoisotopic (exact) mass is 528 g/mol. The van der Waals surface area contributed by atoms with Crippen molar-refractivity contribution in [2.24, 2.45) is 0 Å². The van der Waals surface area contributed by atoms with Crippen LogP contribution in [0.5, 0.6) is 17.2 Å². The first-order valence-corrected chi connectivity index (χ1v) is 11.8. The highest BCUT2D eigenvalue weighted by molar-refractivity contribution is 6.01. The van der Waals surface area contributed by atoms with Crippen LogP contribution in [0.1, 0.15) is 29.3 Å². The summed E-state index contributed by atoms with van der Waals surface area (Å²) in [6.07, 6.45) is -1.46. The standard InChI is InChI=1S/C27H23F3N2O6/c1-38-22-19(34)14-17-20(21(22)35)26(9-7-16(33)8-10-26)11-12-31-23(17)32(25(37)27(28,29)30)18(24(31)36)13-15-5-3-2-4-6-15/h2-10,14,18,23,34-35H,11-13H2,1H3/t18-,23-/m1/s1. The highest BCUT2D eigenvalue weighted by atomic mass is 19.4. The Morgan fingerprint density at radius 1 is 1.13 bits per heavy atom. The normalized spacial score (nSPS) is 21.9. The highest BCUT2D eigenvalue weighted by Gasteiger charge is 2.58. The molecule has 2 atom stereocenters. The summed E-state index contributed by atoms with van der Waals surface area (Å²) in [5.74, 6) is -4.73. The van der Waals surface area contributed by atoms with Crippen LogP contribution in [0.4, 0.5) is 13.2 Å². The van der Waals surface area contributed by atoms with E-state index in [0.29, 0.717) is 10.5 Å². The molecule has 0 aromatic heterocycles. The van der Waals surface area contributed by atoms with Gasteiger partial charge in [-0.1, -0.05) is 42.5 Å². The Balaban J connectivity index is 1.76. The molecule has 1 saturated heterocycles. The molecule has 2 aromatic rings. The zero-order chi connectivity index (χ0) is 27.4. The summed E-state index contributed by atoms with van der Waals surface area (Å²) in [6, 6.07) is 7.98. The Kier molecular flexibility index (Phi) is 5.96. The third-order valence-corrected chi connectivity index (χ3v) is 7.28. The van der Waals surface area contributed by atoms with E-state index in [2.05, 4.69) is 0 Å². The predicted molar refractivity (Wildman–Crippen MR) is 127 cm³/mol. The number of rotatable bonds is 3. The van der Waals surface area contributed by atoms with E-state index in [9.17, 15) is 37.8 Å². The maximum absolute atomic E-state index is 13.9. The molecule has 1 aliphatic carbocycles. The fourth-order valence-electron chi connectivity index (χ4n) is 5.61. The van der Waals surface area contributed by atoms with Gasteiger partial charge >= 0.3 is 12.1 Å². The van der Waals surface area contributed by atoms with Gasteiger partial charge in [-0.25, -0.2) is 0 Å². The summed E-state index contributed by atoms with van der Waals surface area (Å²) in [4.78, 5) is 40.2. The number of fused-ring (bicyclic) bond motifs is 4. The molecule has 38 heavy (non-hydrogen) atoms. The van der Waals surface area contributed by atoms with Crippen LogP contribution in [0.15, 0.2) is 60.7 Å². The lowest BCUT2D eigenvalue weighted by atomic mass is 9.72. The Bertz CT molecular complexity index is 1370. The van der Waals surface area contributed by atoms with Crippen LogP contribution in [-0.2, 0) is 26.2 Å². The van der Waals surface area contributed by atoms with E-state index in [-0.39, 0.29) is 42.0 Å². The molecule has 198 valence electrons. The molecule has 1 fully saturated rings. The van der Waals surface area contributed by atoms with Crippen LogP contribution in [-0.4, -0.2) is 63.5 Å². The lowest BCUT2D eigenvalue weighted by Crippen LogP contribution is -2.47. The molecule has 2 aliphatic heterocycles. The average Bonchev–Trinajstić information content (AvgIpc) is 3.06. The van der Waals surface area contributed by atoms with E-state index in [4.69, 9.17) is 4.74 Å². The number of amides is 2. The number of aromatic hydroxyl groups is 2. The number of ketones is 1. The second-order valence-corrected chi connectivity index (χ2v) is 9.42. The van der Waals surface area contributed by atoms with Crippen molar-refractivity contribution in [1.82, 2.24) is 9.80 Å². The highest BCUT2D eigenvalue weighted by Crippen LogP contribution is 2.55. The fraction of sp³-hybridized carbons (Fsp3) is 0.296. The number of hydrogen-bond acceptors (Lipinski definition) is 6. The maximum atomic E-state index is 13.9. The molecular weight excluding hydrogens is 505 g/mol. The number of alkyl halides is 3. The first-order chi connectivity index (χ1) is 18.0. The van der Waals surface area contributed by atoms with E-state index in [1.54, 1.807) is 30.3 Å². The lowest BCUT2D eigenvalue weighted by Gasteiger charge is -2.34. The number of halogens is 3. The van der Waals surface area contributed by atoms with E-state index >= 15 is 0 Å². The Morgan fingerprint density at radius 2 is 1.79 bits per heavy atom. The summed E-state index contributed by atoms with van der Waals surface area (Å²) < 4.78 is 47.0. The fourth-order valence-corrected chi connectivity index (χ4v) is 5.61. The number of nitrogens with zero attached hydrogens (tertiary/aromatic N) is 2. The second kappa shape index (κ2) is 8.93. The molecule has 0 unspecified atom stereocenters. The molecule has 0 saturated carbocycles. The molecule has 2 heterocycles. The van der Waals surface area contributed by atoms with Crippen LogP contribution in [0.3, 0.4) is 0 Å². The first kappa shape index (κ1) is 25.4. The molecule has 2 N–H and O–H groups in total. The number of carbonyl (C=O) groups excluding carboxylic acids is 3. The average molecular weight is 528 g/mol. The predicted octanol–water partition coefficient (Wildman–Crippen LogP) is 3.29. The molecule has 2 amide bonds. The van der Waals surface area contributed by atoms with Gasteiger partial charge in [0.25, 0.3) is 0 Å². The Labute approximate surface area is 215 Å². The smallest absolute Gasteiger partial charge is 0.471 e. The van der Waals surface area contributed by atoms with Gasteiger partial charge in [0, 0.05) is 29.5 Å². The third-order valence-electron chi connectivity index (χ3n) is 7.28. The van der Waals surface area contributed by atoms with Crippen LogP contribution in [0, 0.1) is 0 Å². The van der Waals surface area contributed by atoms with Crippen LogP contribution in [0.25, 0.3) is 0 Å². The summed E-state index contributed by atoms with van der Waals surface area (Å²) in [7, 11) is 1.20. The summed E-state index contributed by atoms with van der Waals surface area (Å²) in [5.41, 5.74) is -0.714. The van der Waals surface area contributed by atoms with Gasteiger partial charge in [0.05, 0.1) is 7.11 Å². The number of allylic oxidation sites excluding steroid dienone is 4. The first-order valence-electron chi connectivity index (χ1n) is 11.8. The molecule has 0 radical (unpaired) electrons. The molecule has 2 aromatic carbocycles. The van der Waals surface area contributed by atoms with Gasteiger partial charge in [0.1, 0.15) is 12.2 Å². The van der Waals surface area contributed by atoms with E-state index in [0.717, 1.165) is 11.0 Å². The van der Waals surface area contributed by atoms with Crippen molar-refractivity contribution >= 4 is 17.6 Å². The number of methoxy groups -OCH3 is 1. The molecule has 1 spiro atoms. The van der Waals surface area contributed by atoms with Crippen molar-refractivity contribution in [1.29, 1.82) is 0 Å². The number of phenolic OH excluding ortho intramolecular Hbond substituents is 2. The largest absolute Gasteiger partial charge is 0.504 e. The SMILES string of the molecule is COc1c(O)cc2c(c1O)C1(C=CC(=O)C=C1)CCN1C(=O)[C@@H](Cc3ccccc3)N(C(=O)C(F)(F)F)[C@H]21. The lowest BCUT2D eigenvalue weighted by molar-refractivity contribution is -0.190. The molecule has 3 aliphatic rings. The van der Waals surface area contributed by atoms with Gasteiger partial charge in [-0.2, -0.15) is 13.2 Å². The van der Waals surface area contributed by atoms with E-state index in [1.807, 2.05) is 0 Å². The number of hydrogen-bond donors (Lipinski definition) is 2. The van der Waals surface area contributed by atoms with Gasteiger partial charge in [-0.05, 0) is 30.2 Å². The zero-order valence-electron chi connectivity index (χ0n) is 20.1. The minimum atomic E-state index is -5.30. The van der Waals surface area contributed by atoms with Crippen molar-refractivity contribution in [3.63, 3.8) is 0 Å². The molecular formula is C27H23F3N2O6. The van der Waals surface area contributed by atoms with Crippen molar-refractivity contribution < 1.29 is 42.5 Å². The van der Waals surface area contributed by atoms with Crippen LogP contribution < -0.4 is 4.74 Å². The van der Waals surface area contributed by atoms with Gasteiger partial charge in [-0.3, -0.25) is 19.3 Å². The van der Waals surface area contributed by atoms with Gasteiger partial charge in [0.2, 0.25) is 11.7 Å². The minimum Gasteiger partial charge on any atom is -0.504 e. The Morgan fingerprint density at radius 3 is 2.39 bits per heavy atom. The topological polar surface area (TPSA) is 107 Å². The minimum absolute atomic E-state index is 0.0350. The number of ether oxygens (including phenoxy) is 1. The van der Waals surface area contributed by atoms with Gasteiger partial charge in [-0.15, -0.1) is 0 Å². The zero-order valence-corrected chi connectivity index (χ0v) is 20.1. The van der Waals surface area contributed by atoms with Crippen LogP contribution in [0.2, 0.25) is 0 Å². The molecule has 0 bridgehead atoms. The van der Waals surface area contributed by atoms with Crippen molar-refractivity contribution in [3.8, 4) is 17.2 Å². The summed E-state index contributed by atoms with van der Waals surface area (Å²) in [5, 5.41) is 21.9. The second-order valence-electron chi connectivity index (χ2n) is 9.42. The molecule has 11 heteroatoms. The van der Waals surface area contributed by atoms with E-state index < -0.39 is 47.1 Å². The maximum Gasteiger partial charge on any atom is 0.471 e. The number of benzene rings is 2. The summed E-state index contributed by atoms with van der Waals surface area (Å²) in [6.45, 7) is -0.101. The summed E-state index contributed by atoms with van der Waals surface area (Å²) >= 11 is 0. The number of carbonyl (C=O) groups is 3. The third kappa shape index (κ3) is 3.89. The van der Waals surface area contributed by atoms with E-state index in [1.165, 1.54) is 31.4 Å². The quantitative estimate of drug-likeness (QED) is 0.634. The van der Waals surface area contributed by atoms with Crippen LogP contribution >= 0.6 is 0 Å². The molecule has 8 nitrogen and oxygen atoms in total. The molecule has 5 rings (SSSR count).